The lowest BCUT2D eigenvalue weighted by Gasteiger charge is -2.38. The van der Waals surface area contributed by atoms with Gasteiger partial charge in [-0.25, -0.2) is 4.79 Å². The number of rotatable bonds is 3. The fourth-order valence-electron chi connectivity index (χ4n) is 4.22. The first-order valence-corrected chi connectivity index (χ1v) is 10.2. The van der Waals surface area contributed by atoms with Gasteiger partial charge in [-0.2, -0.15) is 0 Å². The number of allylic oxidation sites excluding steroid dienone is 1. The molecule has 0 saturated heterocycles. The van der Waals surface area contributed by atoms with Crippen molar-refractivity contribution in [2.24, 2.45) is 17.8 Å². The number of carbonyl (C=O) groups excluding carboxylic acids is 2. The van der Waals surface area contributed by atoms with Gasteiger partial charge in [0.05, 0.1) is 6.04 Å². The molecule has 0 bridgehead atoms. The fraction of sp³-hybridized carbons (Fsp3) is 0.545. The maximum absolute atomic E-state index is 13.0. The molecule has 3 rings (SSSR count). The first-order chi connectivity index (χ1) is 12.8. The van der Waals surface area contributed by atoms with Crippen molar-refractivity contribution in [3.63, 3.8) is 0 Å². The highest BCUT2D eigenvalue weighted by atomic mass is 35.5. The fourth-order valence-corrected chi connectivity index (χ4v) is 4.34. The van der Waals surface area contributed by atoms with Gasteiger partial charge in [-0.15, -0.1) is 0 Å². The van der Waals surface area contributed by atoms with E-state index in [1.165, 1.54) is 12.5 Å². The molecule has 1 heterocycles. The van der Waals surface area contributed by atoms with Crippen LogP contribution in [0.25, 0.3) is 0 Å². The Balaban J connectivity index is 1.79. The van der Waals surface area contributed by atoms with Gasteiger partial charge >= 0.3 is 6.09 Å². The van der Waals surface area contributed by atoms with Crippen molar-refractivity contribution >= 4 is 23.5 Å². The summed E-state index contributed by atoms with van der Waals surface area (Å²) in [7, 11) is 0. The van der Waals surface area contributed by atoms with Crippen LogP contribution >= 0.6 is 11.6 Å². The lowest BCUT2D eigenvalue weighted by Crippen LogP contribution is -2.41. The Labute approximate surface area is 166 Å². The smallest absolute Gasteiger partial charge is 0.414 e. The summed E-state index contributed by atoms with van der Waals surface area (Å²) >= 11 is 5.98. The Kier molecular flexibility index (Phi) is 6.25. The largest absolute Gasteiger partial charge is 0.446 e. The summed E-state index contributed by atoms with van der Waals surface area (Å²) in [5.41, 5.74) is 0.881. The number of halogens is 1. The molecule has 0 unspecified atom stereocenters. The van der Waals surface area contributed by atoms with Crippen molar-refractivity contribution in [2.75, 3.05) is 0 Å². The number of ether oxygens (including phenoxy) is 1. The maximum Gasteiger partial charge on any atom is 0.414 e. The van der Waals surface area contributed by atoms with E-state index in [4.69, 9.17) is 16.3 Å². The summed E-state index contributed by atoms with van der Waals surface area (Å²) in [5, 5.41) is 0.626. The molecule has 0 radical (unpaired) electrons. The van der Waals surface area contributed by atoms with Crippen LogP contribution in [0, 0.1) is 17.8 Å². The van der Waals surface area contributed by atoms with Crippen molar-refractivity contribution in [3.05, 3.63) is 47.1 Å². The van der Waals surface area contributed by atoms with E-state index in [-0.39, 0.29) is 30.4 Å². The summed E-state index contributed by atoms with van der Waals surface area (Å²) in [6, 6.07) is 6.92. The van der Waals surface area contributed by atoms with Crippen LogP contribution in [0.15, 0.2) is 36.5 Å². The van der Waals surface area contributed by atoms with Crippen molar-refractivity contribution < 1.29 is 14.3 Å². The number of benzene rings is 1. The molecule has 1 aliphatic heterocycles. The molecule has 4 nitrogen and oxygen atoms in total. The normalized spacial score (nSPS) is 28.5. The highest BCUT2D eigenvalue weighted by Crippen LogP contribution is 2.37. The van der Waals surface area contributed by atoms with Crippen molar-refractivity contribution in [1.29, 1.82) is 0 Å². The maximum atomic E-state index is 13.0. The third-order valence-corrected chi connectivity index (χ3v) is 6.08. The van der Waals surface area contributed by atoms with E-state index in [1.807, 2.05) is 12.1 Å². The van der Waals surface area contributed by atoms with Crippen LogP contribution in [0.1, 0.15) is 58.1 Å². The van der Waals surface area contributed by atoms with Crippen LogP contribution < -0.4 is 0 Å². The number of ketones is 1. The highest BCUT2D eigenvalue weighted by molar-refractivity contribution is 6.30. The molecular formula is C22H28ClNO3. The van der Waals surface area contributed by atoms with Gasteiger partial charge in [0.2, 0.25) is 0 Å². The topological polar surface area (TPSA) is 46.6 Å². The molecule has 1 fully saturated rings. The molecule has 5 heteroatoms. The third-order valence-electron chi connectivity index (χ3n) is 5.83. The zero-order valence-corrected chi connectivity index (χ0v) is 17.0. The van der Waals surface area contributed by atoms with Crippen molar-refractivity contribution in [1.82, 2.24) is 4.90 Å². The highest BCUT2D eigenvalue weighted by Gasteiger charge is 2.36. The molecule has 0 spiro atoms. The van der Waals surface area contributed by atoms with Crippen LogP contribution in [0.2, 0.25) is 5.02 Å². The van der Waals surface area contributed by atoms with Crippen LogP contribution in [-0.2, 0) is 9.53 Å². The second-order valence-corrected chi connectivity index (χ2v) is 8.65. The predicted molar refractivity (Wildman–Crippen MR) is 106 cm³/mol. The number of nitrogens with zero attached hydrogens (tertiary/aromatic N) is 1. The second kappa shape index (κ2) is 8.47. The van der Waals surface area contributed by atoms with E-state index in [0.29, 0.717) is 22.8 Å². The van der Waals surface area contributed by atoms with E-state index >= 15 is 0 Å². The predicted octanol–water partition coefficient (Wildman–Crippen LogP) is 5.77. The molecule has 1 aromatic carbocycles. The van der Waals surface area contributed by atoms with E-state index in [9.17, 15) is 9.59 Å². The summed E-state index contributed by atoms with van der Waals surface area (Å²) in [4.78, 5) is 26.5. The molecular weight excluding hydrogens is 362 g/mol. The molecule has 4 atom stereocenters. The monoisotopic (exact) mass is 389 g/mol. The summed E-state index contributed by atoms with van der Waals surface area (Å²) < 4.78 is 5.98. The van der Waals surface area contributed by atoms with Gasteiger partial charge in [-0.3, -0.25) is 9.69 Å². The van der Waals surface area contributed by atoms with Gasteiger partial charge in [0, 0.05) is 17.6 Å². The number of carbonyl (C=O) groups is 2. The van der Waals surface area contributed by atoms with Crippen molar-refractivity contribution in [3.8, 4) is 0 Å². The minimum atomic E-state index is -0.372. The summed E-state index contributed by atoms with van der Waals surface area (Å²) in [5.74, 6) is 1.42. The quantitative estimate of drug-likeness (QED) is 0.659. The van der Waals surface area contributed by atoms with Crippen LogP contribution in [0.5, 0.6) is 0 Å². The summed E-state index contributed by atoms with van der Waals surface area (Å²) in [6.07, 6.45) is 6.00. The average molecular weight is 390 g/mol. The first-order valence-electron chi connectivity index (χ1n) is 9.80. The Morgan fingerprint density at radius 3 is 2.59 bits per heavy atom. The molecule has 1 aromatic rings. The van der Waals surface area contributed by atoms with Crippen LogP contribution in [0.3, 0.4) is 0 Å². The minimum absolute atomic E-state index is 0.00495. The van der Waals surface area contributed by atoms with Gasteiger partial charge in [-0.05, 0) is 54.4 Å². The van der Waals surface area contributed by atoms with Gasteiger partial charge in [-0.1, -0.05) is 50.9 Å². The standard InChI is InChI=1S/C22H28ClNO3/c1-14(2)19-9-4-15(3)12-21(19)27-22(26)24-11-10-18(25)13-20(24)16-5-7-17(23)8-6-16/h5-8,10-11,14-15,19-21H,4,9,12-13H2,1-3H3/t15-,19+,20+,21-/m1/s1. The Morgan fingerprint density at radius 1 is 1.22 bits per heavy atom. The zero-order chi connectivity index (χ0) is 19.6. The number of amides is 1. The second-order valence-electron chi connectivity index (χ2n) is 8.21. The zero-order valence-electron chi connectivity index (χ0n) is 16.2. The first kappa shape index (κ1) is 19.9. The van der Waals surface area contributed by atoms with Crippen molar-refractivity contribution in [2.45, 2.75) is 58.6 Å². The lowest BCUT2D eigenvalue weighted by atomic mass is 9.75. The number of hydrogen-bond donors (Lipinski definition) is 0. The van der Waals surface area contributed by atoms with Crippen LogP contribution in [0.4, 0.5) is 4.79 Å². The number of hydrogen-bond acceptors (Lipinski definition) is 3. The lowest BCUT2D eigenvalue weighted by molar-refractivity contribution is -0.116. The van der Waals surface area contributed by atoms with Gasteiger partial charge in [0.15, 0.2) is 5.78 Å². The van der Waals surface area contributed by atoms with E-state index in [0.717, 1.165) is 18.4 Å². The molecule has 27 heavy (non-hydrogen) atoms. The van der Waals surface area contributed by atoms with Gasteiger partial charge in [0.1, 0.15) is 6.10 Å². The molecule has 2 aliphatic rings. The van der Waals surface area contributed by atoms with E-state index in [2.05, 4.69) is 20.8 Å². The molecule has 1 saturated carbocycles. The average Bonchev–Trinajstić information content (AvgIpc) is 2.62. The van der Waals surface area contributed by atoms with Gasteiger partial charge < -0.3 is 4.74 Å². The molecule has 1 aliphatic carbocycles. The summed E-state index contributed by atoms with van der Waals surface area (Å²) in [6.45, 7) is 6.60. The third kappa shape index (κ3) is 4.73. The SMILES string of the molecule is CC(C)[C@@H]1CC[C@@H](C)C[C@H]1OC(=O)N1C=CC(=O)C[C@H]1c1ccc(Cl)cc1. The minimum Gasteiger partial charge on any atom is -0.446 e. The Bertz CT molecular complexity index is 713. The Hall–Kier alpha value is -1.81. The van der Waals surface area contributed by atoms with E-state index < -0.39 is 0 Å². The molecule has 1 amide bonds. The van der Waals surface area contributed by atoms with Gasteiger partial charge in [0.25, 0.3) is 0 Å². The Morgan fingerprint density at radius 2 is 1.93 bits per heavy atom. The van der Waals surface area contributed by atoms with Crippen LogP contribution in [-0.4, -0.2) is 22.9 Å². The molecule has 0 aromatic heterocycles. The van der Waals surface area contributed by atoms with E-state index in [1.54, 1.807) is 23.2 Å². The molecule has 0 N–H and O–H groups in total. The molecule has 146 valence electrons.